The van der Waals surface area contributed by atoms with E-state index in [4.69, 9.17) is 14.3 Å². The molecule has 3 aromatic rings. The molecule has 1 fully saturated rings. The number of amides is 1. The van der Waals surface area contributed by atoms with Gasteiger partial charge in [-0.2, -0.15) is 0 Å². The Labute approximate surface area is 178 Å². The van der Waals surface area contributed by atoms with Crippen LogP contribution in [-0.4, -0.2) is 35.1 Å². The Hall–Kier alpha value is -3.75. The van der Waals surface area contributed by atoms with Gasteiger partial charge >= 0.3 is 0 Å². The van der Waals surface area contributed by atoms with Gasteiger partial charge in [-0.3, -0.25) is 14.9 Å². The molecule has 2 atom stereocenters. The highest BCUT2D eigenvalue weighted by atomic mass is 16.8. The van der Waals surface area contributed by atoms with E-state index in [1.807, 2.05) is 36.4 Å². The van der Waals surface area contributed by atoms with Gasteiger partial charge in [0.2, 0.25) is 6.29 Å². The number of nitro groups is 1. The summed E-state index contributed by atoms with van der Waals surface area (Å²) in [4.78, 5) is 29.4. The number of para-hydroxylation sites is 1. The van der Waals surface area contributed by atoms with Crippen molar-refractivity contribution >= 4 is 11.6 Å². The highest BCUT2D eigenvalue weighted by molar-refractivity contribution is 5.93. The summed E-state index contributed by atoms with van der Waals surface area (Å²) in [6, 6.07) is 23.9. The van der Waals surface area contributed by atoms with E-state index in [9.17, 15) is 14.9 Å². The number of nitro benzene ring substituents is 1. The standard InChI is InChI=1S/C23H20N2O6/c26-22(17-8-3-1-4-9-17)24-15-21(16-29-20-12-5-2-6-13-20)30-23(31-24)18-10-7-11-19(14-18)25(27)28/h1-14,21,23H,15-16H2/t21-,23-/m0/s1. The third kappa shape index (κ3) is 5.06. The van der Waals surface area contributed by atoms with Crippen molar-refractivity contribution in [3.63, 3.8) is 0 Å². The summed E-state index contributed by atoms with van der Waals surface area (Å²) in [5.74, 6) is 0.342. The number of hydrogen-bond acceptors (Lipinski definition) is 6. The Morgan fingerprint density at radius 2 is 1.74 bits per heavy atom. The highest BCUT2D eigenvalue weighted by Gasteiger charge is 2.34. The molecule has 0 N–H and O–H groups in total. The van der Waals surface area contributed by atoms with E-state index in [-0.39, 0.29) is 24.7 Å². The van der Waals surface area contributed by atoms with Gasteiger partial charge in [0.15, 0.2) is 0 Å². The molecule has 158 valence electrons. The van der Waals surface area contributed by atoms with Gasteiger partial charge in [-0.15, -0.1) is 0 Å². The summed E-state index contributed by atoms with van der Waals surface area (Å²) in [6.45, 7) is 0.323. The number of carbonyl (C=O) groups excluding carboxylic acids is 1. The van der Waals surface area contributed by atoms with Crippen molar-refractivity contribution in [2.24, 2.45) is 0 Å². The minimum Gasteiger partial charge on any atom is -0.491 e. The first kappa shape index (κ1) is 20.5. The van der Waals surface area contributed by atoms with Crippen LogP contribution in [0.1, 0.15) is 22.2 Å². The molecule has 1 heterocycles. The molecule has 0 radical (unpaired) electrons. The second kappa shape index (κ2) is 9.38. The van der Waals surface area contributed by atoms with Gasteiger partial charge < -0.3 is 9.47 Å². The van der Waals surface area contributed by atoms with Crippen LogP contribution in [-0.2, 0) is 9.57 Å². The fraction of sp³-hybridized carbons (Fsp3) is 0.174. The zero-order valence-corrected chi connectivity index (χ0v) is 16.5. The number of hydrogen-bond donors (Lipinski definition) is 0. The fourth-order valence-electron chi connectivity index (χ4n) is 3.16. The lowest BCUT2D eigenvalue weighted by molar-refractivity contribution is -0.385. The molecular weight excluding hydrogens is 400 g/mol. The predicted octanol–water partition coefficient (Wildman–Crippen LogP) is 4.15. The van der Waals surface area contributed by atoms with Gasteiger partial charge in [-0.1, -0.05) is 48.5 Å². The van der Waals surface area contributed by atoms with Crippen LogP contribution in [0, 0.1) is 10.1 Å². The Kier molecular flexibility index (Phi) is 6.21. The Balaban J connectivity index is 1.56. The largest absolute Gasteiger partial charge is 0.491 e. The summed E-state index contributed by atoms with van der Waals surface area (Å²) in [6.07, 6.45) is -1.50. The van der Waals surface area contributed by atoms with E-state index in [1.165, 1.54) is 17.2 Å². The van der Waals surface area contributed by atoms with Crippen LogP contribution in [0.25, 0.3) is 0 Å². The van der Waals surface area contributed by atoms with E-state index >= 15 is 0 Å². The van der Waals surface area contributed by atoms with Crippen LogP contribution in [0.15, 0.2) is 84.9 Å². The molecule has 4 rings (SSSR count). The van der Waals surface area contributed by atoms with Gasteiger partial charge in [0.05, 0.1) is 11.5 Å². The first-order valence-corrected chi connectivity index (χ1v) is 9.71. The highest BCUT2D eigenvalue weighted by Crippen LogP contribution is 2.30. The summed E-state index contributed by atoms with van der Waals surface area (Å²) >= 11 is 0. The number of benzene rings is 3. The number of rotatable bonds is 6. The average molecular weight is 420 g/mol. The van der Waals surface area contributed by atoms with E-state index in [1.54, 1.807) is 36.4 Å². The van der Waals surface area contributed by atoms with Crippen molar-refractivity contribution in [2.75, 3.05) is 13.2 Å². The maximum atomic E-state index is 13.0. The van der Waals surface area contributed by atoms with Gasteiger partial charge in [0, 0.05) is 23.3 Å². The lowest BCUT2D eigenvalue weighted by atomic mass is 10.1. The molecule has 8 heteroatoms. The maximum absolute atomic E-state index is 13.0. The zero-order chi connectivity index (χ0) is 21.6. The van der Waals surface area contributed by atoms with Crippen LogP contribution >= 0.6 is 0 Å². The molecule has 1 aliphatic rings. The van der Waals surface area contributed by atoms with E-state index in [0.29, 0.717) is 16.9 Å². The van der Waals surface area contributed by atoms with Gasteiger partial charge in [-0.25, -0.2) is 9.90 Å². The molecule has 3 aromatic carbocycles. The molecule has 0 aromatic heterocycles. The summed E-state index contributed by atoms with van der Waals surface area (Å²) in [7, 11) is 0. The third-order valence-electron chi connectivity index (χ3n) is 4.69. The Morgan fingerprint density at radius 1 is 1.03 bits per heavy atom. The minimum atomic E-state index is -0.995. The topological polar surface area (TPSA) is 91.1 Å². The molecule has 31 heavy (non-hydrogen) atoms. The monoisotopic (exact) mass is 420 g/mol. The van der Waals surface area contributed by atoms with Crippen LogP contribution in [0.4, 0.5) is 5.69 Å². The normalized spacial score (nSPS) is 18.4. The average Bonchev–Trinajstić information content (AvgIpc) is 2.83. The van der Waals surface area contributed by atoms with Crippen LogP contribution in [0.5, 0.6) is 5.75 Å². The van der Waals surface area contributed by atoms with Gasteiger partial charge in [-0.05, 0) is 24.3 Å². The summed E-state index contributed by atoms with van der Waals surface area (Å²) in [5, 5.41) is 12.4. The number of nitrogens with zero attached hydrogens (tertiary/aromatic N) is 2. The molecule has 8 nitrogen and oxygen atoms in total. The first-order valence-electron chi connectivity index (χ1n) is 9.71. The van der Waals surface area contributed by atoms with Crippen molar-refractivity contribution in [2.45, 2.75) is 12.4 Å². The summed E-state index contributed by atoms with van der Waals surface area (Å²) in [5.41, 5.74) is 0.808. The fourth-order valence-corrected chi connectivity index (χ4v) is 3.16. The quantitative estimate of drug-likeness (QED) is 0.440. The second-order valence-electron chi connectivity index (χ2n) is 6.90. The molecule has 0 spiro atoms. The van der Waals surface area contributed by atoms with Crippen LogP contribution < -0.4 is 4.74 Å². The van der Waals surface area contributed by atoms with E-state index in [0.717, 1.165) is 0 Å². The molecule has 0 bridgehead atoms. The van der Waals surface area contributed by atoms with Crippen molar-refractivity contribution < 1.29 is 24.0 Å². The van der Waals surface area contributed by atoms with Crippen molar-refractivity contribution in [3.05, 3.63) is 106 Å². The molecule has 0 saturated carbocycles. The van der Waals surface area contributed by atoms with E-state index in [2.05, 4.69) is 0 Å². The minimum absolute atomic E-state index is 0.0895. The van der Waals surface area contributed by atoms with Crippen LogP contribution in [0.3, 0.4) is 0 Å². The zero-order valence-electron chi connectivity index (χ0n) is 16.5. The maximum Gasteiger partial charge on any atom is 0.277 e. The van der Waals surface area contributed by atoms with E-state index < -0.39 is 17.3 Å². The van der Waals surface area contributed by atoms with Crippen molar-refractivity contribution in [1.29, 1.82) is 0 Å². The van der Waals surface area contributed by atoms with Gasteiger partial charge in [0.25, 0.3) is 11.6 Å². The third-order valence-corrected chi connectivity index (χ3v) is 4.69. The Morgan fingerprint density at radius 3 is 2.45 bits per heavy atom. The molecular formula is C23H20N2O6. The number of carbonyl (C=O) groups is 1. The molecule has 1 amide bonds. The smallest absolute Gasteiger partial charge is 0.277 e. The molecule has 1 saturated heterocycles. The van der Waals surface area contributed by atoms with Crippen molar-refractivity contribution in [3.8, 4) is 5.75 Å². The second-order valence-corrected chi connectivity index (χ2v) is 6.90. The number of ether oxygens (including phenoxy) is 2. The first-order chi connectivity index (χ1) is 15.1. The van der Waals surface area contributed by atoms with Crippen LogP contribution in [0.2, 0.25) is 0 Å². The SMILES string of the molecule is O=C(c1ccccc1)N1C[C@@H](COc2ccccc2)O[C@H](c2cccc([N+](=O)[O-])c2)O1. The lowest BCUT2D eigenvalue weighted by Crippen LogP contribution is -2.47. The Bertz CT molecular complexity index is 1040. The molecule has 0 aliphatic carbocycles. The molecule has 1 aliphatic heterocycles. The molecule has 0 unspecified atom stereocenters. The number of hydroxylamine groups is 2. The lowest BCUT2D eigenvalue weighted by Gasteiger charge is -2.37. The summed E-state index contributed by atoms with van der Waals surface area (Å²) < 4.78 is 11.8. The van der Waals surface area contributed by atoms with Gasteiger partial charge in [0.1, 0.15) is 18.5 Å². The predicted molar refractivity (Wildman–Crippen MR) is 111 cm³/mol. The number of non-ortho nitro benzene ring substituents is 1. The van der Waals surface area contributed by atoms with Crippen molar-refractivity contribution in [1.82, 2.24) is 5.06 Å².